The lowest BCUT2D eigenvalue weighted by molar-refractivity contribution is 0.535. The highest BCUT2D eigenvalue weighted by atomic mass is 33.5. The van der Waals surface area contributed by atoms with Crippen LogP contribution >= 0.6 is 41.9 Å². The van der Waals surface area contributed by atoms with Gasteiger partial charge in [0.15, 0.2) is 0 Å². The summed E-state index contributed by atoms with van der Waals surface area (Å²) in [6, 6.07) is 0. The molecule has 0 aromatic rings. The van der Waals surface area contributed by atoms with Crippen LogP contribution in [-0.4, -0.2) is 11.1 Å². The Kier molecular flexibility index (Phi) is 3.18. The molecule has 2 rings (SSSR count). The van der Waals surface area contributed by atoms with E-state index in [0.29, 0.717) is 14.0 Å². The summed E-state index contributed by atoms with van der Waals surface area (Å²) in [5.41, 5.74) is 0.322. The van der Waals surface area contributed by atoms with Crippen LogP contribution in [-0.2, 0) is 0 Å². The van der Waals surface area contributed by atoms with Gasteiger partial charge in [0.1, 0.15) is 0 Å². The van der Waals surface area contributed by atoms with Gasteiger partial charge in [0.05, 0.1) is 4.24 Å². The number of allylic oxidation sites excluding steroid dienone is 3. The van der Waals surface area contributed by atoms with Crippen molar-refractivity contribution in [2.75, 3.05) is 6.26 Å². The molecule has 0 fully saturated rings. The Balaban J connectivity index is 2.18. The highest BCUT2D eigenvalue weighted by Gasteiger charge is 2.28. The quantitative estimate of drug-likeness (QED) is 0.488. The summed E-state index contributed by atoms with van der Waals surface area (Å²) in [4.78, 5) is 3.08. The van der Waals surface area contributed by atoms with Crippen molar-refractivity contribution < 1.29 is 0 Å². The van der Waals surface area contributed by atoms with Gasteiger partial charge in [-0.05, 0) is 34.6 Å². The molecule has 14 heavy (non-hydrogen) atoms. The van der Waals surface area contributed by atoms with E-state index >= 15 is 0 Å². The summed E-state index contributed by atoms with van der Waals surface area (Å²) in [6.07, 6.45) is 6.90. The van der Waals surface area contributed by atoms with E-state index in [4.69, 9.17) is 0 Å². The van der Waals surface area contributed by atoms with Crippen LogP contribution in [0.1, 0.15) is 20.8 Å². The van der Waals surface area contributed by atoms with Crippen LogP contribution in [0.3, 0.4) is 0 Å². The molecular weight excluding hydrogens is 248 g/mol. The van der Waals surface area contributed by atoms with Crippen LogP contribution in [0.2, 0.25) is 0 Å². The molecule has 2 aliphatic heterocycles. The Morgan fingerprint density at radius 3 is 2.43 bits per heavy atom. The first kappa shape index (κ1) is 11.2. The van der Waals surface area contributed by atoms with Crippen molar-refractivity contribution in [3.8, 4) is 0 Å². The van der Waals surface area contributed by atoms with E-state index in [9.17, 15) is 0 Å². The fourth-order valence-electron chi connectivity index (χ4n) is 1.14. The lowest BCUT2D eigenvalue weighted by atomic mass is 9.95. The van der Waals surface area contributed by atoms with Crippen LogP contribution in [0.25, 0.3) is 0 Å². The minimum atomic E-state index is 0.322. The maximum absolute atomic E-state index is 2.39. The SMILES string of the molecule is CSC1=CC2=S(S1)SC(C(C)(C)C)=C2. The van der Waals surface area contributed by atoms with Crippen LogP contribution in [0, 0.1) is 5.41 Å². The normalized spacial score (nSPS) is 26.3. The second-order valence-corrected chi connectivity index (χ2v) is 11.1. The Morgan fingerprint density at radius 2 is 1.93 bits per heavy atom. The number of rotatable bonds is 1. The lowest BCUT2D eigenvalue weighted by Crippen LogP contribution is -2.05. The van der Waals surface area contributed by atoms with Gasteiger partial charge in [0, 0.05) is 9.77 Å². The monoisotopic (exact) mass is 262 g/mol. The van der Waals surface area contributed by atoms with E-state index in [1.807, 2.05) is 22.6 Å². The smallest absolute Gasteiger partial charge is 0.0522 e. The lowest BCUT2D eigenvalue weighted by Gasteiger charge is -2.19. The molecule has 1 unspecified atom stereocenters. The molecule has 0 radical (unpaired) electrons. The van der Waals surface area contributed by atoms with Crippen molar-refractivity contribution in [2.24, 2.45) is 5.41 Å². The molecule has 0 saturated carbocycles. The fourth-order valence-corrected chi connectivity index (χ4v) is 9.91. The van der Waals surface area contributed by atoms with Gasteiger partial charge in [0.25, 0.3) is 0 Å². The van der Waals surface area contributed by atoms with E-state index < -0.39 is 0 Å². The van der Waals surface area contributed by atoms with Gasteiger partial charge >= 0.3 is 0 Å². The summed E-state index contributed by atoms with van der Waals surface area (Å²) >= 11 is 1.87. The average molecular weight is 262 g/mol. The standard InChI is InChI=1S/C10H14S4/c1-10(2,3)8-5-7-6-9(11-4)13-14(7)12-8/h5-6H,1-4H3. The second-order valence-electron chi connectivity index (χ2n) is 4.23. The Hall–Kier alpha value is 0.750. The molecule has 0 aromatic heterocycles. The first-order valence-electron chi connectivity index (χ1n) is 4.46. The first-order chi connectivity index (χ1) is 6.50. The Bertz CT molecular complexity index is 355. The number of hydrogen-bond donors (Lipinski definition) is 0. The highest BCUT2D eigenvalue weighted by molar-refractivity contribution is 9.18. The summed E-state index contributed by atoms with van der Waals surface area (Å²) in [6.45, 7) is 6.88. The predicted molar refractivity (Wildman–Crippen MR) is 76.9 cm³/mol. The van der Waals surface area contributed by atoms with Gasteiger partial charge in [-0.25, -0.2) is 0 Å². The molecule has 0 amide bonds. The van der Waals surface area contributed by atoms with Crippen molar-refractivity contribution in [1.82, 2.24) is 0 Å². The summed E-state index contributed by atoms with van der Waals surface area (Å²) in [7, 11) is 4.45. The molecule has 4 heteroatoms. The summed E-state index contributed by atoms with van der Waals surface area (Å²) in [5.74, 6) is 0. The molecule has 2 aliphatic rings. The predicted octanol–water partition coefficient (Wildman–Crippen LogP) is 4.89. The van der Waals surface area contributed by atoms with E-state index in [1.165, 1.54) is 9.10 Å². The van der Waals surface area contributed by atoms with Gasteiger partial charge in [0.2, 0.25) is 0 Å². The number of thioether (sulfide) groups is 1. The fraction of sp³-hybridized carbons (Fsp3) is 0.500. The van der Waals surface area contributed by atoms with Crippen molar-refractivity contribution >= 4 is 46.8 Å². The summed E-state index contributed by atoms with van der Waals surface area (Å²) < 4.78 is 1.47. The first-order valence-corrected chi connectivity index (χ1v) is 9.58. The maximum Gasteiger partial charge on any atom is 0.0522 e. The van der Waals surface area contributed by atoms with Crippen LogP contribution in [0.15, 0.2) is 21.3 Å². The largest absolute Gasteiger partial charge is 0.122 e. The van der Waals surface area contributed by atoms with Crippen molar-refractivity contribution in [3.05, 3.63) is 21.3 Å². The molecule has 0 spiro atoms. The highest BCUT2D eigenvalue weighted by Crippen LogP contribution is 2.63. The van der Waals surface area contributed by atoms with Gasteiger partial charge in [-0.15, -0.1) is 11.8 Å². The summed E-state index contributed by atoms with van der Waals surface area (Å²) in [5, 5.41) is 0. The zero-order valence-electron chi connectivity index (χ0n) is 8.79. The van der Waals surface area contributed by atoms with Crippen molar-refractivity contribution in [3.63, 3.8) is 0 Å². The molecule has 0 aliphatic carbocycles. The molecule has 0 N–H and O–H groups in total. The average Bonchev–Trinajstić information content (AvgIpc) is 2.56. The second kappa shape index (κ2) is 3.96. The molecular formula is C10H14S4. The molecule has 2 heterocycles. The van der Waals surface area contributed by atoms with Crippen LogP contribution < -0.4 is 0 Å². The molecule has 0 bridgehead atoms. The third-order valence-corrected chi connectivity index (χ3v) is 10.1. The van der Waals surface area contributed by atoms with Crippen LogP contribution in [0.4, 0.5) is 0 Å². The van der Waals surface area contributed by atoms with Crippen molar-refractivity contribution in [1.29, 1.82) is 0 Å². The number of hydrogen-bond acceptors (Lipinski definition) is 3. The minimum absolute atomic E-state index is 0.322. The zero-order valence-corrected chi connectivity index (χ0v) is 12.1. The Labute approximate surface area is 100 Å². The molecule has 78 valence electrons. The van der Waals surface area contributed by atoms with E-state index in [-0.39, 0.29) is 0 Å². The Morgan fingerprint density at radius 1 is 1.21 bits per heavy atom. The van der Waals surface area contributed by atoms with Gasteiger partial charge < -0.3 is 0 Å². The van der Waals surface area contributed by atoms with E-state index in [2.05, 4.69) is 50.0 Å². The topological polar surface area (TPSA) is 0 Å². The van der Waals surface area contributed by atoms with Gasteiger partial charge in [-0.3, -0.25) is 0 Å². The maximum atomic E-state index is 2.39. The van der Waals surface area contributed by atoms with Crippen molar-refractivity contribution in [2.45, 2.75) is 20.8 Å². The molecule has 0 aromatic carbocycles. The molecule has 1 atom stereocenters. The van der Waals surface area contributed by atoms with Gasteiger partial charge in [-0.1, -0.05) is 40.1 Å². The third kappa shape index (κ3) is 2.13. The zero-order chi connectivity index (χ0) is 10.3. The molecule has 0 saturated heterocycles. The van der Waals surface area contributed by atoms with E-state index in [1.54, 1.807) is 4.91 Å². The van der Waals surface area contributed by atoms with Crippen LogP contribution in [0.5, 0.6) is 0 Å². The third-order valence-electron chi connectivity index (χ3n) is 1.99. The molecule has 0 nitrogen and oxygen atoms in total. The minimum Gasteiger partial charge on any atom is -0.122 e. The van der Waals surface area contributed by atoms with Gasteiger partial charge in [-0.2, -0.15) is 0 Å². The van der Waals surface area contributed by atoms with E-state index in [0.717, 1.165) is 0 Å².